The smallest absolute Gasteiger partial charge is 0.391 e. The van der Waals surface area contributed by atoms with Gasteiger partial charge in [-0.15, -0.1) is 0 Å². The minimum Gasteiger partial charge on any atom is -0.391 e. The Morgan fingerprint density at radius 2 is 1.86 bits per heavy atom. The molecule has 2 aromatic rings. The summed E-state index contributed by atoms with van der Waals surface area (Å²) in [5.74, 6) is 0. The number of halogens is 3. The lowest BCUT2D eigenvalue weighted by molar-refractivity contribution is -0.137. The van der Waals surface area contributed by atoms with Gasteiger partial charge in [0.1, 0.15) is 0 Å². The van der Waals surface area contributed by atoms with Gasteiger partial charge >= 0.3 is 6.18 Å². The van der Waals surface area contributed by atoms with Crippen molar-refractivity contribution >= 4 is 17.1 Å². The first-order valence-electron chi connectivity index (χ1n) is 8.54. The summed E-state index contributed by atoms with van der Waals surface area (Å²) in [5.41, 5.74) is 0.778. The van der Waals surface area contributed by atoms with Crippen molar-refractivity contribution < 1.29 is 18.3 Å². The van der Waals surface area contributed by atoms with Crippen molar-refractivity contribution in [3.8, 4) is 6.07 Å². The van der Waals surface area contributed by atoms with Crippen LogP contribution in [0.3, 0.4) is 0 Å². The molecule has 144 valence electrons. The van der Waals surface area contributed by atoms with Gasteiger partial charge in [0, 0.05) is 12.1 Å². The van der Waals surface area contributed by atoms with E-state index in [1.54, 1.807) is 6.07 Å². The lowest BCUT2D eigenvalue weighted by Gasteiger charge is -2.23. The van der Waals surface area contributed by atoms with E-state index in [0.29, 0.717) is 12.1 Å². The van der Waals surface area contributed by atoms with Crippen LogP contribution in [0, 0.1) is 11.3 Å². The minimum absolute atomic E-state index is 0.132. The minimum atomic E-state index is -4.66. The Kier molecular flexibility index (Phi) is 5.47. The predicted molar refractivity (Wildman–Crippen MR) is 100 cm³/mol. The number of aliphatic hydroxyl groups excluding tert-OH is 1. The zero-order valence-electron chi connectivity index (χ0n) is 14.9. The van der Waals surface area contributed by atoms with Gasteiger partial charge in [0.2, 0.25) is 0 Å². The number of anilines is 1. The van der Waals surface area contributed by atoms with Crippen LogP contribution in [0.5, 0.6) is 0 Å². The standard InChI is InChI=1S/C20H17F3N4O/c1-12(28)19(18-10-17(26-27-18)13-5-3-2-4-6-13)25-15-8-7-14(11-24)16(9-15)20(21,22)23/h2-9,12,19,25,28H,10H2,1H3/t12-,19+/m0/s1. The molecule has 28 heavy (non-hydrogen) atoms. The first kappa shape index (κ1) is 19.6. The van der Waals surface area contributed by atoms with Crippen LogP contribution in [-0.2, 0) is 6.18 Å². The van der Waals surface area contributed by atoms with Crippen LogP contribution < -0.4 is 5.32 Å². The quantitative estimate of drug-likeness (QED) is 0.815. The molecule has 0 unspecified atom stereocenters. The Labute approximate surface area is 159 Å². The molecule has 2 atom stereocenters. The zero-order valence-corrected chi connectivity index (χ0v) is 14.9. The first-order chi connectivity index (χ1) is 13.3. The topological polar surface area (TPSA) is 80.8 Å². The molecule has 0 fully saturated rings. The van der Waals surface area contributed by atoms with Gasteiger partial charge in [0.25, 0.3) is 0 Å². The number of rotatable bonds is 5. The van der Waals surface area contributed by atoms with Crippen molar-refractivity contribution in [1.29, 1.82) is 5.26 Å². The van der Waals surface area contributed by atoms with E-state index in [2.05, 4.69) is 15.5 Å². The summed E-state index contributed by atoms with van der Waals surface area (Å²) >= 11 is 0. The fraction of sp³-hybridized carbons (Fsp3) is 0.250. The van der Waals surface area contributed by atoms with E-state index in [1.165, 1.54) is 13.0 Å². The van der Waals surface area contributed by atoms with Gasteiger partial charge < -0.3 is 10.4 Å². The molecule has 3 rings (SSSR count). The van der Waals surface area contributed by atoms with Gasteiger partial charge in [-0.25, -0.2) is 0 Å². The SMILES string of the molecule is C[C@H](O)[C@@H](Nc1ccc(C#N)c(C(F)(F)F)c1)C1=NN=C(c2ccccc2)C1. The maximum atomic E-state index is 13.2. The zero-order chi connectivity index (χ0) is 20.3. The molecule has 8 heteroatoms. The number of benzene rings is 2. The van der Waals surface area contributed by atoms with Crippen LogP contribution in [0.4, 0.5) is 18.9 Å². The molecule has 0 saturated heterocycles. The van der Waals surface area contributed by atoms with Crippen LogP contribution in [0.1, 0.15) is 30.0 Å². The summed E-state index contributed by atoms with van der Waals surface area (Å²) in [6.45, 7) is 1.52. The number of hydrogen-bond donors (Lipinski definition) is 2. The number of nitrogens with one attached hydrogen (secondary N) is 1. The number of alkyl halides is 3. The third-order valence-electron chi connectivity index (χ3n) is 4.36. The number of aliphatic hydroxyl groups is 1. The molecule has 2 aromatic carbocycles. The fourth-order valence-corrected chi connectivity index (χ4v) is 2.96. The van der Waals surface area contributed by atoms with E-state index in [-0.39, 0.29) is 5.69 Å². The summed E-state index contributed by atoms with van der Waals surface area (Å²) in [4.78, 5) is 0. The van der Waals surface area contributed by atoms with Gasteiger partial charge in [-0.3, -0.25) is 0 Å². The maximum absolute atomic E-state index is 13.2. The highest BCUT2D eigenvalue weighted by atomic mass is 19.4. The number of nitrogens with zero attached hydrogens (tertiary/aromatic N) is 3. The average Bonchev–Trinajstić information content (AvgIpc) is 3.15. The largest absolute Gasteiger partial charge is 0.417 e. The lowest BCUT2D eigenvalue weighted by atomic mass is 9.98. The van der Waals surface area contributed by atoms with Crippen molar-refractivity contribution in [2.45, 2.75) is 31.7 Å². The molecule has 2 N–H and O–H groups in total. The molecule has 1 aliphatic rings. The average molecular weight is 386 g/mol. The Morgan fingerprint density at radius 1 is 1.14 bits per heavy atom. The maximum Gasteiger partial charge on any atom is 0.417 e. The molecule has 1 aliphatic heterocycles. The van der Waals surface area contributed by atoms with Gasteiger partial charge in [0.05, 0.1) is 40.8 Å². The number of nitriles is 1. The van der Waals surface area contributed by atoms with E-state index in [4.69, 9.17) is 5.26 Å². The molecular weight excluding hydrogens is 369 g/mol. The monoisotopic (exact) mass is 386 g/mol. The van der Waals surface area contributed by atoms with Gasteiger partial charge in [-0.2, -0.15) is 28.6 Å². The van der Waals surface area contributed by atoms with E-state index in [9.17, 15) is 18.3 Å². The molecule has 0 saturated carbocycles. The molecule has 0 aliphatic carbocycles. The van der Waals surface area contributed by atoms with Crippen molar-refractivity contribution in [2.24, 2.45) is 10.2 Å². The van der Waals surface area contributed by atoms with E-state index in [1.807, 2.05) is 30.3 Å². The highest BCUT2D eigenvalue weighted by molar-refractivity contribution is 6.17. The summed E-state index contributed by atoms with van der Waals surface area (Å²) in [5, 5.41) is 30.2. The van der Waals surface area contributed by atoms with Crippen LogP contribution >= 0.6 is 0 Å². The molecule has 0 radical (unpaired) electrons. The molecule has 0 amide bonds. The highest BCUT2D eigenvalue weighted by Gasteiger charge is 2.34. The summed E-state index contributed by atoms with van der Waals surface area (Å²) in [7, 11) is 0. The van der Waals surface area contributed by atoms with Crippen LogP contribution in [0.2, 0.25) is 0 Å². The second-order valence-electron chi connectivity index (χ2n) is 6.41. The van der Waals surface area contributed by atoms with Crippen molar-refractivity contribution in [1.82, 2.24) is 0 Å². The molecule has 1 heterocycles. The normalized spacial score (nSPS) is 16.0. The van der Waals surface area contributed by atoms with E-state index in [0.717, 1.165) is 23.4 Å². The van der Waals surface area contributed by atoms with Crippen molar-refractivity contribution in [3.63, 3.8) is 0 Å². The summed E-state index contributed by atoms with van der Waals surface area (Å²) < 4.78 is 39.5. The second-order valence-corrected chi connectivity index (χ2v) is 6.41. The Morgan fingerprint density at radius 3 is 2.46 bits per heavy atom. The Hall–Kier alpha value is -3.18. The van der Waals surface area contributed by atoms with Crippen LogP contribution in [0.15, 0.2) is 58.7 Å². The van der Waals surface area contributed by atoms with Crippen LogP contribution in [-0.4, -0.2) is 28.7 Å². The van der Waals surface area contributed by atoms with E-state index >= 15 is 0 Å². The van der Waals surface area contributed by atoms with Gasteiger partial charge in [-0.05, 0) is 30.7 Å². The lowest BCUT2D eigenvalue weighted by Crippen LogP contribution is -2.39. The Bertz CT molecular complexity index is 960. The van der Waals surface area contributed by atoms with Crippen LogP contribution in [0.25, 0.3) is 0 Å². The molecule has 0 aromatic heterocycles. The third-order valence-corrected chi connectivity index (χ3v) is 4.36. The molecule has 5 nitrogen and oxygen atoms in total. The summed E-state index contributed by atoms with van der Waals surface area (Å²) in [6.07, 6.45) is -5.21. The number of hydrogen-bond acceptors (Lipinski definition) is 5. The van der Waals surface area contributed by atoms with Gasteiger partial charge in [0.15, 0.2) is 0 Å². The molecule has 0 spiro atoms. The van der Waals surface area contributed by atoms with E-state index < -0.39 is 29.4 Å². The van der Waals surface area contributed by atoms with Crippen molar-refractivity contribution in [2.75, 3.05) is 5.32 Å². The summed E-state index contributed by atoms with van der Waals surface area (Å²) in [6, 6.07) is 13.6. The Balaban J connectivity index is 1.81. The molecular formula is C20H17F3N4O. The first-order valence-corrected chi connectivity index (χ1v) is 8.54. The fourth-order valence-electron chi connectivity index (χ4n) is 2.96. The highest BCUT2D eigenvalue weighted by Crippen LogP contribution is 2.34. The second kappa shape index (κ2) is 7.82. The predicted octanol–water partition coefficient (Wildman–Crippen LogP) is 3.99. The van der Waals surface area contributed by atoms with Gasteiger partial charge in [-0.1, -0.05) is 30.3 Å². The molecule has 0 bridgehead atoms. The third kappa shape index (κ3) is 4.21. The van der Waals surface area contributed by atoms with Crippen molar-refractivity contribution in [3.05, 3.63) is 65.2 Å².